The monoisotopic (exact) mass is 324 g/mol. The Labute approximate surface area is 145 Å². The van der Waals surface area contributed by atoms with Crippen LogP contribution in [0.25, 0.3) is 0 Å². The Bertz CT molecular complexity index is 703. The lowest BCUT2D eigenvalue weighted by Crippen LogP contribution is -2.31. The number of aromatic nitrogens is 2. The molecule has 24 heavy (non-hydrogen) atoms. The minimum Gasteiger partial charge on any atom is -0.341 e. The van der Waals surface area contributed by atoms with Crippen molar-refractivity contribution in [2.45, 2.75) is 52.9 Å². The largest absolute Gasteiger partial charge is 0.341 e. The Hall–Kier alpha value is -2.10. The molecular weight excluding hydrogens is 296 g/mol. The Balaban J connectivity index is 1.92. The van der Waals surface area contributed by atoms with E-state index >= 15 is 0 Å². The zero-order chi connectivity index (χ0) is 17.1. The lowest BCUT2D eigenvalue weighted by Gasteiger charge is -2.27. The van der Waals surface area contributed by atoms with E-state index in [0.29, 0.717) is 5.92 Å². The molecule has 0 radical (unpaired) electrons. The first-order valence-corrected chi connectivity index (χ1v) is 9.02. The third-order valence-corrected chi connectivity index (χ3v) is 4.66. The van der Waals surface area contributed by atoms with Crippen LogP contribution in [0.15, 0.2) is 24.3 Å². The van der Waals surface area contributed by atoms with E-state index in [1.54, 1.807) is 0 Å². The summed E-state index contributed by atoms with van der Waals surface area (Å²) >= 11 is 0. The zero-order valence-corrected chi connectivity index (χ0v) is 15.3. The van der Waals surface area contributed by atoms with Crippen LogP contribution < -0.4 is 10.2 Å². The van der Waals surface area contributed by atoms with E-state index in [1.165, 1.54) is 36.1 Å². The molecule has 0 saturated carbocycles. The quantitative estimate of drug-likeness (QED) is 0.864. The summed E-state index contributed by atoms with van der Waals surface area (Å²) in [7, 11) is 0. The molecule has 4 heteroatoms. The summed E-state index contributed by atoms with van der Waals surface area (Å²) in [5, 5.41) is 3.56. The molecule has 1 aromatic heterocycles. The molecule has 1 aliphatic rings. The predicted molar refractivity (Wildman–Crippen MR) is 101 cm³/mol. The van der Waals surface area contributed by atoms with E-state index < -0.39 is 0 Å². The van der Waals surface area contributed by atoms with Gasteiger partial charge in [-0.15, -0.1) is 0 Å². The number of nitrogens with one attached hydrogen (secondary N) is 1. The van der Waals surface area contributed by atoms with E-state index in [0.717, 1.165) is 30.5 Å². The van der Waals surface area contributed by atoms with Crippen molar-refractivity contribution in [3.8, 4) is 0 Å². The molecule has 1 N–H and O–H groups in total. The summed E-state index contributed by atoms with van der Waals surface area (Å²) in [6.45, 7) is 10.8. The molecule has 1 aromatic carbocycles. The first-order chi connectivity index (χ1) is 11.5. The summed E-state index contributed by atoms with van der Waals surface area (Å²) in [4.78, 5) is 11.8. The Morgan fingerprint density at radius 2 is 1.79 bits per heavy atom. The van der Waals surface area contributed by atoms with E-state index in [1.807, 2.05) is 13.0 Å². The molecule has 3 rings (SSSR count). The Morgan fingerprint density at radius 3 is 2.50 bits per heavy atom. The molecular formula is C20H28N4. The van der Waals surface area contributed by atoms with Crippen molar-refractivity contribution in [1.82, 2.24) is 9.97 Å². The van der Waals surface area contributed by atoms with Gasteiger partial charge in [-0.1, -0.05) is 32.0 Å². The maximum atomic E-state index is 4.80. The lowest BCUT2D eigenvalue weighted by molar-refractivity contribution is 0.568. The Morgan fingerprint density at radius 1 is 1.04 bits per heavy atom. The first kappa shape index (κ1) is 16.7. The van der Waals surface area contributed by atoms with Crippen LogP contribution in [-0.2, 0) is 0 Å². The molecule has 0 amide bonds. The summed E-state index contributed by atoms with van der Waals surface area (Å²) in [5.74, 6) is 2.22. The van der Waals surface area contributed by atoms with Crippen molar-refractivity contribution < 1.29 is 0 Å². The molecule has 4 nitrogen and oxygen atoms in total. The van der Waals surface area contributed by atoms with Gasteiger partial charge >= 0.3 is 0 Å². The number of nitrogens with zero attached hydrogens (tertiary/aromatic N) is 3. The average molecular weight is 324 g/mol. The highest BCUT2D eigenvalue weighted by Gasteiger charge is 2.16. The molecule has 1 fully saturated rings. The van der Waals surface area contributed by atoms with Crippen LogP contribution in [0.4, 0.5) is 17.5 Å². The van der Waals surface area contributed by atoms with Crippen molar-refractivity contribution in [2.24, 2.45) is 0 Å². The van der Waals surface area contributed by atoms with Crippen LogP contribution in [-0.4, -0.2) is 23.1 Å². The highest BCUT2D eigenvalue weighted by molar-refractivity contribution is 5.66. The van der Waals surface area contributed by atoms with Crippen molar-refractivity contribution in [2.75, 3.05) is 23.3 Å². The number of hydrogen-bond donors (Lipinski definition) is 1. The SMILES string of the molecule is Cc1cc(Nc2c(C)cccc2C(C)C)nc(N2CCCCC2)n1. The zero-order valence-electron chi connectivity index (χ0n) is 15.3. The molecule has 0 unspecified atom stereocenters. The van der Waals surface area contributed by atoms with Gasteiger partial charge in [-0.05, 0) is 50.2 Å². The fourth-order valence-corrected chi connectivity index (χ4v) is 3.32. The van der Waals surface area contributed by atoms with Gasteiger partial charge in [0.15, 0.2) is 0 Å². The topological polar surface area (TPSA) is 41.1 Å². The molecule has 1 aliphatic heterocycles. The summed E-state index contributed by atoms with van der Waals surface area (Å²) < 4.78 is 0. The van der Waals surface area contributed by atoms with Crippen molar-refractivity contribution >= 4 is 17.5 Å². The maximum absolute atomic E-state index is 4.80. The molecule has 0 bridgehead atoms. The van der Waals surface area contributed by atoms with Crippen molar-refractivity contribution in [3.05, 3.63) is 41.1 Å². The summed E-state index contributed by atoms with van der Waals surface area (Å²) in [6.07, 6.45) is 3.78. The molecule has 0 atom stereocenters. The molecule has 128 valence electrons. The van der Waals surface area contributed by atoms with Gasteiger partial charge in [0, 0.05) is 30.5 Å². The van der Waals surface area contributed by atoms with Crippen LogP contribution in [0.3, 0.4) is 0 Å². The summed E-state index contributed by atoms with van der Waals surface area (Å²) in [5.41, 5.74) is 4.76. The third kappa shape index (κ3) is 3.69. The van der Waals surface area contributed by atoms with E-state index in [2.05, 4.69) is 54.2 Å². The molecule has 1 saturated heterocycles. The van der Waals surface area contributed by atoms with Crippen LogP contribution in [0.2, 0.25) is 0 Å². The van der Waals surface area contributed by atoms with Gasteiger partial charge in [-0.3, -0.25) is 0 Å². The minimum atomic E-state index is 0.469. The van der Waals surface area contributed by atoms with Gasteiger partial charge in [0.05, 0.1) is 0 Å². The van der Waals surface area contributed by atoms with Gasteiger partial charge in [-0.25, -0.2) is 4.98 Å². The maximum Gasteiger partial charge on any atom is 0.227 e. The van der Waals surface area contributed by atoms with Gasteiger partial charge in [0.2, 0.25) is 5.95 Å². The second-order valence-corrected chi connectivity index (χ2v) is 7.06. The molecule has 2 aromatic rings. The standard InChI is InChI=1S/C20H28N4/c1-14(2)17-10-8-9-15(3)19(17)22-18-13-16(4)21-20(23-18)24-11-6-5-7-12-24/h8-10,13-14H,5-7,11-12H2,1-4H3,(H,21,22,23). The van der Waals surface area contributed by atoms with Gasteiger partial charge in [0.25, 0.3) is 0 Å². The fraction of sp³-hybridized carbons (Fsp3) is 0.500. The van der Waals surface area contributed by atoms with Crippen LogP contribution in [0.1, 0.15) is 55.8 Å². The highest BCUT2D eigenvalue weighted by atomic mass is 15.3. The van der Waals surface area contributed by atoms with Gasteiger partial charge in [0.1, 0.15) is 5.82 Å². The number of hydrogen-bond acceptors (Lipinski definition) is 4. The van der Waals surface area contributed by atoms with Crippen molar-refractivity contribution in [3.63, 3.8) is 0 Å². The summed E-state index contributed by atoms with van der Waals surface area (Å²) in [6, 6.07) is 8.50. The number of piperidine rings is 1. The van der Waals surface area contributed by atoms with Gasteiger partial charge in [-0.2, -0.15) is 4.98 Å². The van der Waals surface area contributed by atoms with Crippen LogP contribution in [0, 0.1) is 13.8 Å². The molecule has 0 spiro atoms. The van der Waals surface area contributed by atoms with E-state index in [-0.39, 0.29) is 0 Å². The number of benzene rings is 1. The second-order valence-electron chi connectivity index (χ2n) is 7.06. The fourth-order valence-electron chi connectivity index (χ4n) is 3.32. The highest BCUT2D eigenvalue weighted by Crippen LogP contribution is 2.30. The van der Waals surface area contributed by atoms with E-state index in [4.69, 9.17) is 4.98 Å². The number of para-hydroxylation sites is 1. The third-order valence-electron chi connectivity index (χ3n) is 4.66. The first-order valence-electron chi connectivity index (χ1n) is 9.02. The lowest BCUT2D eigenvalue weighted by atomic mass is 9.98. The van der Waals surface area contributed by atoms with Crippen LogP contribution in [0.5, 0.6) is 0 Å². The molecule has 2 heterocycles. The number of rotatable bonds is 4. The minimum absolute atomic E-state index is 0.469. The van der Waals surface area contributed by atoms with E-state index in [9.17, 15) is 0 Å². The Kier molecular flexibility index (Phi) is 5.03. The van der Waals surface area contributed by atoms with Crippen molar-refractivity contribution in [1.29, 1.82) is 0 Å². The van der Waals surface area contributed by atoms with Crippen LogP contribution >= 0.6 is 0 Å². The smallest absolute Gasteiger partial charge is 0.227 e. The molecule has 0 aliphatic carbocycles. The normalized spacial score (nSPS) is 15.0. The predicted octanol–water partition coefficient (Wildman–Crippen LogP) is 4.95. The number of aryl methyl sites for hydroxylation is 2. The second kappa shape index (κ2) is 7.20. The number of anilines is 3. The average Bonchev–Trinajstić information content (AvgIpc) is 2.57. The van der Waals surface area contributed by atoms with Gasteiger partial charge < -0.3 is 10.2 Å².